The molecule has 2 heterocycles. The molecule has 1 aromatic heterocycles. The van der Waals surface area contributed by atoms with E-state index < -0.39 is 0 Å². The third-order valence-electron chi connectivity index (χ3n) is 6.03. The van der Waals surface area contributed by atoms with E-state index >= 15 is 0 Å². The zero-order chi connectivity index (χ0) is 22.4. The molecule has 3 aromatic carbocycles. The lowest BCUT2D eigenvalue weighted by Crippen LogP contribution is -2.32. The maximum absolute atomic E-state index is 13.0. The molecule has 0 aliphatic carbocycles. The summed E-state index contributed by atoms with van der Waals surface area (Å²) in [5.41, 5.74) is 5.57. The summed E-state index contributed by atoms with van der Waals surface area (Å²) in [5, 5.41) is 1.99. The number of rotatable bonds is 3. The van der Waals surface area contributed by atoms with Gasteiger partial charge < -0.3 is 14.1 Å². The molecule has 162 valence electrons. The second-order valence-corrected chi connectivity index (χ2v) is 8.94. The van der Waals surface area contributed by atoms with E-state index in [9.17, 15) is 4.79 Å². The quantitative estimate of drug-likeness (QED) is 0.317. The van der Waals surface area contributed by atoms with Gasteiger partial charge in [-0.2, -0.15) is 0 Å². The van der Waals surface area contributed by atoms with Crippen molar-refractivity contribution in [1.82, 2.24) is 0 Å². The lowest BCUT2D eigenvalue weighted by atomic mass is 9.97. The van der Waals surface area contributed by atoms with E-state index in [1.54, 1.807) is 0 Å². The Morgan fingerprint density at radius 3 is 2.59 bits per heavy atom. The van der Waals surface area contributed by atoms with E-state index in [2.05, 4.69) is 4.90 Å². The third-order valence-corrected chi connectivity index (χ3v) is 6.54. The monoisotopic (exact) mass is 465 g/mol. The van der Waals surface area contributed by atoms with Gasteiger partial charge in [-0.3, -0.25) is 0 Å². The minimum absolute atomic E-state index is 0.328. The molecular formula is C26H21Cl2NO3. The second kappa shape index (κ2) is 8.19. The van der Waals surface area contributed by atoms with Crippen LogP contribution in [0, 0.1) is 13.8 Å². The van der Waals surface area contributed by atoms with Gasteiger partial charge in [0.15, 0.2) is 6.73 Å². The molecule has 0 spiro atoms. The minimum atomic E-state index is -0.334. The van der Waals surface area contributed by atoms with Gasteiger partial charge in [0.2, 0.25) is 0 Å². The Morgan fingerprint density at radius 1 is 1.03 bits per heavy atom. The number of anilines is 1. The standard InChI is InChI=1S/C26H21Cl2NO3/c1-15-8-9-18(27)11-23(15)29-13-21-24-19(12-22(28)25(21)31-14-29)16(2)20(26(30)32-24)10-17-6-4-3-5-7-17/h3-9,11-12H,10,13-14H2,1-2H3. The van der Waals surface area contributed by atoms with Crippen LogP contribution in [-0.2, 0) is 13.0 Å². The molecule has 4 aromatic rings. The van der Waals surface area contributed by atoms with Crippen LogP contribution in [-0.4, -0.2) is 6.73 Å². The normalized spacial score (nSPS) is 13.2. The summed E-state index contributed by atoms with van der Waals surface area (Å²) in [6.45, 7) is 4.79. The summed E-state index contributed by atoms with van der Waals surface area (Å²) >= 11 is 12.8. The highest BCUT2D eigenvalue weighted by molar-refractivity contribution is 6.33. The van der Waals surface area contributed by atoms with Crippen molar-refractivity contribution in [1.29, 1.82) is 0 Å². The van der Waals surface area contributed by atoms with Crippen molar-refractivity contribution in [3.05, 3.63) is 103 Å². The molecule has 6 heteroatoms. The van der Waals surface area contributed by atoms with Gasteiger partial charge in [0.05, 0.1) is 17.1 Å². The zero-order valence-corrected chi connectivity index (χ0v) is 19.3. The van der Waals surface area contributed by atoms with E-state index in [1.165, 1.54) is 0 Å². The Kier molecular flexibility index (Phi) is 5.36. The highest BCUT2D eigenvalue weighted by Gasteiger charge is 2.27. The molecule has 0 saturated carbocycles. The molecule has 1 aliphatic rings. The molecule has 5 rings (SSSR count). The van der Waals surface area contributed by atoms with E-state index in [-0.39, 0.29) is 5.63 Å². The first-order valence-corrected chi connectivity index (χ1v) is 11.1. The van der Waals surface area contributed by atoms with Crippen molar-refractivity contribution >= 4 is 39.9 Å². The first-order valence-electron chi connectivity index (χ1n) is 10.4. The molecule has 0 bridgehead atoms. The summed E-state index contributed by atoms with van der Waals surface area (Å²) in [5.74, 6) is 0.563. The highest BCUT2D eigenvalue weighted by atomic mass is 35.5. The van der Waals surface area contributed by atoms with Crippen LogP contribution in [0.3, 0.4) is 0 Å². The molecule has 0 unspecified atom stereocenters. The van der Waals surface area contributed by atoms with E-state index in [0.717, 1.165) is 33.3 Å². The van der Waals surface area contributed by atoms with Crippen LogP contribution >= 0.6 is 23.2 Å². The van der Waals surface area contributed by atoms with Crippen molar-refractivity contribution in [3.63, 3.8) is 0 Å². The third kappa shape index (κ3) is 3.64. The molecular weight excluding hydrogens is 445 g/mol. The van der Waals surface area contributed by atoms with Crippen LogP contribution in [0.25, 0.3) is 11.0 Å². The number of hydrogen-bond donors (Lipinski definition) is 0. The van der Waals surface area contributed by atoms with Crippen LogP contribution in [0.2, 0.25) is 10.0 Å². The lowest BCUT2D eigenvalue weighted by molar-refractivity contribution is 0.289. The Balaban J connectivity index is 1.63. The molecule has 4 nitrogen and oxygen atoms in total. The number of hydrogen-bond acceptors (Lipinski definition) is 4. The van der Waals surface area contributed by atoms with Crippen LogP contribution in [0.1, 0.15) is 27.8 Å². The van der Waals surface area contributed by atoms with Gasteiger partial charge in [0.1, 0.15) is 11.3 Å². The van der Waals surface area contributed by atoms with Gasteiger partial charge >= 0.3 is 5.63 Å². The van der Waals surface area contributed by atoms with Crippen LogP contribution in [0.4, 0.5) is 5.69 Å². The van der Waals surface area contributed by atoms with Gasteiger partial charge in [-0.1, -0.05) is 59.6 Å². The summed E-state index contributed by atoms with van der Waals surface area (Å²) in [6.07, 6.45) is 0.504. The first kappa shape index (κ1) is 20.9. The van der Waals surface area contributed by atoms with Crippen molar-refractivity contribution in [3.8, 4) is 5.75 Å². The van der Waals surface area contributed by atoms with Crippen molar-refractivity contribution in [2.75, 3.05) is 11.6 Å². The van der Waals surface area contributed by atoms with E-state index in [1.807, 2.05) is 68.4 Å². The van der Waals surface area contributed by atoms with Crippen LogP contribution in [0.5, 0.6) is 5.75 Å². The van der Waals surface area contributed by atoms with E-state index in [4.69, 9.17) is 32.4 Å². The smallest absolute Gasteiger partial charge is 0.340 e. The molecule has 0 saturated heterocycles. The number of ether oxygens (including phenoxy) is 1. The fourth-order valence-corrected chi connectivity index (χ4v) is 4.74. The average Bonchev–Trinajstić information content (AvgIpc) is 2.80. The van der Waals surface area contributed by atoms with Crippen LogP contribution < -0.4 is 15.3 Å². The molecule has 32 heavy (non-hydrogen) atoms. The van der Waals surface area contributed by atoms with Gasteiger partial charge in [0, 0.05) is 28.1 Å². The van der Waals surface area contributed by atoms with Crippen molar-refractivity contribution < 1.29 is 9.15 Å². The fraction of sp³-hybridized carbons (Fsp3) is 0.192. The summed E-state index contributed by atoms with van der Waals surface area (Å²) in [6, 6.07) is 17.5. The van der Waals surface area contributed by atoms with Crippen LogP contribution in [0.15, 0.2) is 63.8 Å². The Bertz CT molecular complexity index is 1400. The Morgan fingerprint density at radius 2 is 1.81 bits per heavy atom. The predicted octanol–water partition coefficient (Wildman–Crippen LogP) is 6.66. The topological polar surface area (TPSA) is 42.7 Å². The van der Waals surface area contributed by atoms with Gasteiger partial charge in [-0.05, 0) is 48.7 Å². The summed E-state index contributed by atoms with van der Waals surface area (Å²) < 4.78 is 11.9. The van der Waals surface area contributed by atoms with Gasteiger partial charge in [0.25, 0.3) is 0 Å². The molecule has 1 aliphatic heterocycles. The summed E-state index contributed by atoms with van der Waals surface area (Å²) in [7, 11) is 0. The number of fused-ring (bicyclic) bond motifs is 3. The Hall–Kier alpha value is -2.95. The SMILES string of the molecule is Cc1ccc(Cl)cc1N1COc2c(Cl)cc3c(C)c(Cc4ccccc4)c(=O)oc3c2C1. The average molecular weight is 466 g/mol. The second-order valence-electron chi connectivity index (χ2n) is 8.10. The maximum Gasteiger partial charge on any atom is 0.340 e. The minimum Gasteiger partial charge on any atom is -0.471 e. The van der Waals surface area contributed by atoms with Crippen molar-refractivity contribution in [2.24, 2.45) is 0 Å². The molecule has 0 radical (unpaired) electrons. The molecule has 0 atom stereocenters. The van der Waals surface area contributed by atoms with Crippen molar-refractivity contribution in [2.45, 2.75) is 26.8 Å². The predicted molar refractivity (Wildman–Crippen MR) is 129 cm³/mol. The fourth-order valence-electron chi connectivity index (χ4n) is 4.29. The number of halogens is 2. The number of benzene rings is 3. The summed E-state index contributed by atoms with van der Waals surface area (Å²) in [4.78, 5) is 15.1. The lowest BCUT2D eigenvalue weighted by Gasteiger charge is -2.32. The molecule has 0 amide bonds. The largest absolute Gasteiger partial charge is 0.471 e. The number of nitrogens with zero attached hydrogens (tertiary/aromatic N) is 1. The first-order chi connectivity index (χ1) is 15.4. The van der Waals surface area contributed by atoms with Gasteiger partial charge in [-0.25, -0.2) is 4.79 Å². The van der Waals surface area contributed by atoms with Gasteiger partial charge in [-0.15, -0.1) is 0 Å². The van der Waals surface area contributed by atoms with E-state index in [0.29, 0.717) is 46.6 Å². The number of aryl methyl sites for hydroxylation is 2. The Labute approximate surface area is 195 Å². The zero-order valence-electron chi connectivity index (χ0n) is 17.7. The molecule has 0 fully saturated rings. The maximum atomic E-state index is 13.0. The molecule has 0 N–H and O–H groups in total. The highest BCUT2D eigenvalue weighted by Crippen LogP contribution is 2.41.